The molecule has 0 fully saturated rings. The average Bonchev–Trinajstić information content (AvgIpc) is 3.04. The third-order valence-electron chi connectivity index (χ3n) is 8.05. The van der Waals surface area contributed by atoms with Gasteiger partial charge in [-0.3, -0.25) is 0 Å². The number of nitrogens with one attached hydrogen (secondary N) is 1. The molecule has 0 aliphatic heterocycles. The maximum atomic E-state index is 13.6. The molecule has 5 rings (SSSR count). The summed E-state index contributed by atoms with van der Waals surface area (Å²) in [5.41, 5.74) is 2.28. The van der Waals surface area contributed by atoms with E-state index in [1.807, 2.05) is 18.2 Å². The summed E-state index contributed by atoms with van der Waals surface area (Å²) < 4.78 is 17.4. The van der Waals surface area contributed by atoms with E-state index in [1.54, 1.807) is 13.3 Å². The number of hydrogen-bond donors (Lipinski definition) is 1. The molecule has 0 aliphatic carbocycles. The number of aromatic amines is 1. The van der Waals surface area contributed by atoms with E-state index in [0.29, 0.717) is 29.8 Å². The normalized spacial score (nSPS) is 12.1. The summed E-state index contributed by atoms with van der Waals surface area (Å²) in [5.74, 6) is 1.14. The number of aromatic nitrogens is 1. The standard InChI is InChI=1S/C37H42NO4PSi/c1-40-35-26-29(20-21-34(35)42-28-41-24-25-44(2,3)4)36-30(22-23-38-37(36)39)27-43(31-14-8-5-9-15-31,32-16-10-6-11-17-32)33-18-12-7-13-19-33/h5-23,26,43H,24-25,27-28H2,1-4H3,(H,38,39). The second-order valence-corrected chi connectivity index (χ2v) is 21.8. The van der Waals surface area contributed by atoms with Crippen LogP contribution in [0.25, 0.3) is 11.1 Å². The average molecular weight is 624 g/mol. The summed E-state index contributed by atoms with van der Waals surface area (Å²) in [7, 11) is -2.21. The van der Waals surface area contributed by atoms with Gasteiger partial charge in [-0.15, -0.1) is 0 Å². The van der Waals surface area contributed by atoms with Gasteiger partial charge < -0.3 is 0 Å². The van der Waals surface area contributed by atoms with Gasteiger partial charge in [0.05, 0.1) is 0 Å². The third-order valence-corrected chi connectivity index (χ3v) is 14.6. The summed E-state index contributed by atoms with van der Waals surface area (Å²) in [5, 5.41) is 3.87. The zero-order valence-corrected chi connectivity index (χ0v) is 28.0. The van der Waals surface area contributed by atoms with Gasteiger partial charge >= 0.3 is 235 Å². The molecule has 1 N–H and O–H groups in total. The van der Waals surface area contributed by atoms with Crippen molar-refractivity contribution in [3.05, 3.63) is 137 Å². The van der Waals surface area contributed by atoms with Crippen molar-refractivity contribution in [3.63, 3.8) is 0 Å². The molecule has 5 aromatic rings. The number of rotatable bonds is 13. The molecule has 0 amide bonds. The first-order valence-corrected chi connectivity index (χ1v) is 21.0. The summed E-state index contributed by atoms with van der Waals surface area (Å²) in [6.07, 6.45) is 2.46. The molecule has 5 nitrogen and oxygen atoms in total. The molecule has 0 atom stereocenters. The van der Waals surface area contributed by atoms with Crippen molar-refractivity contribution in [2.45, 2.75) is 31.8 Å². The molecule has 44 heavy (non-hydrogen) atoms. The van der Waals surface area contributed by atoms with Gasteiger partial charge in [0, 0.05) is 8.07 Å². The number of ether oxygens (including phenoxy) is 3. The van der Waals surface area contributed by atoms with Crippen LogP contribution in [0.15, 0.2) is 126 Å². The van der Waals surface area contributed by atoms with Crippen molar-refractivity contribution in [1.82, 2.24) is 4.98 Å². The Morgan fingerprint density at radius 1 is 0.727 bits per heavy atom. The van der Waals surface area contributed by atoms with Crippen molar-refractivity contribution >= 4 is 31.2 Å². The van der Waals surface area contributed by atoms with Gasteiger partial charge in [-0.1, -0.05) is 19.6 Å². The predicted octanol–water partition coefficient (Wildman–Crippen LogP) is 6.97. The molecule has 0 unspecified atom stereocenters. The van der Waals surface area contributed by atoms with Crippen LogP contribution in [-0.4, -0.2) is 33.6 Å². The van der Waals surface area contributed by atoms with Gasteiger partial charge in [0.15, 0.2) is 0 Å². The molecule has 0 saturated heterocycles. The Balaban J connectivity index is 1.57. The molecule has 0 bridgehead atoms. The summed E-state index contributed by atoms with van der Waals surface area (Å²) in [6, 6.07) is 41.1. The van der Waals surface area contributed by atoms with E-state index in [2.05, 4.69) is 122 Å². The molecule has 0 radical (unpaired) electrons. The van der Waals surface area contributed by atoms with Crippen molar-refractivity contribution in [2.75, 3.05) is 20.5 Å². The first-order valence-electron chi connectivity index (χ1n) is 15.1. The molecule has 1 heterocycles. The van der Waals surface area contributed by atoms with Crippen LogP contribution in [0.4, 0.5) is 0 Å². The van der Waals surface area contributed by atoms with E-state index in [-0.39, 0.29) is 12.4 Å². The smallest absolute Gasteiger partial charge is 0.0695 e. The topological polar surface area (TPSA) is 60.6 Å². The Labute approximate surface area is 262 Å². The van der Waals surface area contributed by atoms with Crippen LogP contribution in [-0.2, 0) is 10.9 Å². The zero-order valence-electron chi connectivity index (χ0n) is 26.0. The zero-order chi connectivity index (χ0) is 31.0. The van der Waals surface area contributed by atoms with E-state index in [4.69, 9.17) is 14.2 Å². The van der Waals surface area contributed by atoms with E-state index >= 15 is 0 Å². The van der Waals surface area contributed by atoms with Crippen LogP contribution in [0.2, 0.25) is 25.7 Å². The van der Waals surface area contributed by atoms with Crippen molar-refractivity contribution in [2.24, 2.45) is 0 Å². The Morgan fingerprint density at radius 3 is 1.82 bits per heavy atom. The molecule has 4 aromatic carbocycles. The molecular weight excluding hydrogens is 581 g/mol. The fourth-order valence-corrected chi connectivity index (χ4v) is 11.2. The van der Waals surface area contributed by atoms with E-state index in [1.165, 1.54) is 15.9 Å². The second kappa shape index (κ2) is 14.2. The van der Waals surface area contributed by atoms with Crippen LogP contribution >= 0.6 is 7.26 Å². The number of H-pyrrole nitrogens is 1. The Kier molecular flexibility index (Phi) is 10.2. The number of methoxy groups -OCH3 is 1. The minimum Gasteiger partial charge on any atom is -0.0695 e. The van der Waals surface area contributed by atoms with Crippen LogP contribution in [0.1, 0.15) is 5.56 Å². The van der Waals surface area contributed by atoms with Crippen LogP contribution in [0.3, 0.4) is 0 Å². The minimum absolute atomic E-state index is 0.134. The van der Waals surface area contributed by atoms with Crippen LogP contribution in [0, 0.1) is 0 Å². The van der Waals surface area contributed by atoms with Crippen molar-refractivity contribution in [3.8, 4) is 22.6 Å². The predicted molar refractivity (Wildman–Crippen MR) is 189 cm³/mol. The van der Waals surface area contributed by atoms with Crippen LogP contribution < -0.4 is 30.9 Å². The summed E-state index contributed by atoms with van der Waals surface area (Å²) >= 11 is 0. The first kappa shape index (κ1) is 31.5. The number of pyridine rings is 1. The van der Waals surface area contributed by atoms with Crippen molar-refractivity contribution in [1.29, 1.82) is 0 Å². The fraction of sp³-hybridized carbons (Fsp3) is 0.216. The van der Waals surface area contributed by atoms with E-state index in [9.17, 15) is 4.79 Å². The van der Waals surface area contributed by atoms with E-state index in [0.717, 1.165) is 17.2 Å². The number of benzene rings is 4. The summed E-state index contributed by atoms with van der Waals surface area (Å²) in [6.45, 7) is 7.80. The van der Waals surface area contributed by atoms with Gasteiger partial charge in [0.2, 0.25) is 0 Å². The van der Waals surface area contributed by atoms with Gasteiger partial charge in [-0.2, -0.15) is 0 Å². The quantitative estimate of drug-likeness (QED) is 0.0666. The van der Waals surface area contributed by atoms with Crippen molar-refractivity contribution < 1.29 is 14.2 Å². The van der Waals surface area contributed by atoms with E-state index < -0.39 is 15.3 Å². The monoisotopic (exact) mass is 623 g/mol. The Hall–Kier alpha value is -3.96. The van der Waals surface area contributed by atoms with Gasteiger partial charge in [-0.25, -0.2) is 0 Å². The fourth-order valence-electron chi connectivity index (χ4n) is 5.73. The molecule has 228 valence electrons. The minimum atomic E-state index is -2.65. The molecule has 0 saturated carbocycles. The second-order valence-electron chi connectivity index (χ2n) is 12.2. The first-order chi connectivity index (χ1) is 21.3. The van der Waals surface area contributed by atoms with Gasteiger partial charge in [0.1, 0.15) is 0 Å². The molecule has 0 aliphatic rings. The Bertz CT molecular complexity index is 1610. The maximum absolute atomic E-state index is 13.6. The van der Waals surface area contributed by atoms with Gasteiger partial charge in [-0.05, 0) is 0 Å². The summed E-state index contributed by atoms with van der Waals surface area (Å²) in [4.78, 5) is 16.5. The van der Waals surface area contributed by atoms with Crippen LogP contribution in [0.5, 0.6) is 11.5 Å². The molecule has 7 heteroatoms. The molecule has 0 spiro atoms. The molecular formula is C37H42NO4PSi. The molecule has 1 aromatic heterocycles. The van der Waals surface area contributed by atoms with Gasteiger partial charge in [0.25, 0.3) is 0 Å². The SMILES string of the molecule is COc1cc(-c2c(C[PH](c3ccccc3)(c3ccccc3)c3ccccc3)cc[nH]c2=O)ccc1OCOCC[Si](C)(C)C. The Morgan fingerprint density at radius 2 is 1.30 bits per heavy atom. The third kappa shape index (κ3) is 7.22. The number of hydrogen-bond acceptors (Lipinski definition) is 4.